The zero-order valence-electron chi connectivity index (χ0n) is 11.4. The van der Waals surface area contributed by atoms with Crippen LogP contribution in [0, 0.1) is 11.8 Å². The molecule has 4 heteroatoms. The molecule has 2 heterocycles. The van der Waals surface area contributed by atoms with Crippen LogP contribution in [0.2, 0.25) is 0 Å². The van der Waals surface area contributed by atoms with Gasteiger partial charge in [0, 0.05) is 33.1 Å². The monoisotopic (exact) mass is 239 g/mol. The zero-order chi connectivity index (χ0) is 12.4. The first-order valence-electron chi connectivity index (χ1n) is 6.69. The van der Waals surface area contributed by atoms with Crippen molar-refractivity contribution in [1.82, 2.24) is 14.7 Å². The van der Waals surface area contributed by atoms with Crippen molar-refractivity contribution in [3.8, 4) is 0 Å². The summed E-state index contributed by atoms with van der Waals surface area (Å²) in [5.74, 6) is 1.72. The van der Waals surface area contributed by atoms with Crippen molar-refractivity contribution >= 4 is 5.91 Å². The smallest absolute Gasteiger partial charge is 0.219 e. The highest BCUT2D eigenvalue weighted by Crippen LogP contribution is 2.30. The number of rotatable bonds is 4. The molecule has 0 bridgehead atoms. The summed E-state index contributed by atoms with van der Waals surface area (Å²) in [5.41, 5.74) is 0. The maximum absolute atomic E-state index is 11.3. The standard InChI is InChI=1S/C13H25N3O/c1-11(17)16-9-12-7-15(8-13(12)10-16)6-4-5-14(2)3/h12-13H,4-10H2,1-3H3. The summed E-state index contributed by atoms with van der Waals surface area (Å²) in [4.78, 5) is 18.2. The van der Waals surface area contributed by atoms with E-state index >= 15 is 0 Å². The van der Waals surface area contributed by atoms with Gasteiger partial charge in [-0.1, -0.05) is 0 Å². The largest absolute Gasteiger partial charge is 0.342 e. The highest BCUT2D eigenvalue weighted by atomic mass is 16.2. The molecule has 2 aliphatic rings. The van der Waals surface area contributed by atoms with Crippen LogP contribution in [0.3, 0.4) is 0 Å². The minimum absolute atomic E-state index is 0.249. The van der Waals surface area contributed by atoms with E-state index in [1.54, 1.807) is 6.92 Å². The fraction of sp³-hybridized carbons (Fsp3) is 0.923. The fourth-order valence-corrected chi connectivity index (χ4v) is 3.14. The predicted octanol–water partition coefficient (Wildman–Crippen LogP) is 0.348. The summed E-state index contributed by atoms with van der Waals surface area (Å²) < 4.78 is 0. The first-order chi connectivity index (χ1) is 8.06. The Labute approximate surface area is 105 Å². The van der Waals surface area contributed by atoms with Crippen molar-refractivity contribution in [3.05, 3.63) is 0 Å². The number of carbonyl (C=O) groups is 1. The molecule has 2 rings (SSSR count). The third-order valence-corrected chi connectivity index (χ3v) is 4.09. The maximum Gasteiger partial charge on any atom is 0.219 e. The number of hydrogen-bond acceptors (Lipinski definition) is 3. The molecule has 2 fully saturated rings. The number of likely N-dealkylation sites (tertiary alicyclic amines) is 2. The summed E-state index contributed by atoms with van der Waals surface area (Å²) in [6, 6.07) is 0. The second kappa shape index (κ2) is 5.36. The van der Waals surface area contributed by atoms with Gasteiger partial charge in [-0.2, -0.15) is 0 Å². The van der Waals surface area contributed by atoms with E-state index < -0.39 is 0 Å². The van der Waals surface area contributed by atoms with Crippen LogP contribution < -0.4 is 0 Å². The van der Waals surface area contributed by atoms with Gasteiger partial charge in [-0.15, -0.1) is 0 Å². The van der Waals surface area contributed by atoms with Gasteiger partial charge < -0.3 is 14.7 Å². The van der Waals surface area contributed by atoms with Crippen molar-refractivity contribution < 1.29 is 4.79 Å². The summed E-state index contributed by atoms with van der Waals surface area (Å²) in [6.07, 6.45) is 1.25. The van der Waals surface area contributed by atoms with Crippen molar-refractivity contribution in [2.24, 2.45) is 11.8 Å². The van der Waals surface area contributed by atoms with E-state index in [2.05, 4.69) is 23.9 Å². The molecular formula is C13H25N3O. The Morgan fingerprint density at radius 2 is 1.76 bits per heavy atom. The van der Waals surface area contributed by atoms with Crippen LogP contribution in [0.1, 0.15) is 13.3 Å². The summed E-state index contributed by atoms with van der Waals surface area (Å²) >= 11 is 0. The second-order valence-corrected chi connectivity index (χ2v) is 5.86. The van der Waals surface area contributed by atoms with E-state index in [1.165, 1.54) is 32.6 Å². The minimum atomic E-state index is 0.249. The van der Waals surface area contributed by atoms with Crippen LogP contribution in [0.4, 0.5) is 0 Å². The molecule has 0 saturated carbocycles. The summed E-state index contributed by atoms with van der Waals surface area (Å²) in [6.45, 7) is 8.45. The van der Waals surface area contributed by atoms with Gasteiger partial charge in [0.05, 0.1) is 0 Å². The van der Waals surface area contributed by atoms with Crippen molar-refractivity contribution in [2.45, 2.75) is 13.3 Å². The Bertz CT molecular complexity index is 266. The summed E-state index contributed by atoms with van der Waals surface area (Å²) in [5, 5.41) is 0. The summed E-state index contributed by atoms with van der Waals surface area (Å²) in [7, 11) is 4.26. The lowest BCUT2D eigenvalue weighted by Gasteiger charge is -2.21. The Kier molecular flexibility index (Phi) is 4.05. The quantitative estimate of drug-likeness (QED) is 0.708. The normalized spacial score (nSPS) is 29.1. The molecule has 4 nitrogen and oxygen atoms in total. The van der Waals surface area contributed by atoms with Crippen LogP contribution in [0.25, 0.3) is 0 Å². The highest BCUT2D eigenvalue weighted by Gasteiger charge is 2.40. The van der Waals surface area contributed by atoms with Gasteiger partial charge in [0.2, 0.25) is 5.91 Å². The zero-order valence-corrected chi connectivity index (χ0v) is 11.4. The molecule has 2 aliphatic heterocycles. The van der Waals surface area contributed by atoms with Crippen molar-refractivity contribution in [3.63, 3.8) is 0 Å². The van der Waals surface area contributed by atoms with Crippen LogP contribution in [-0.4, -0.2) is 74.0 Å². The van der Waals surface area contributed by atoms with E-state index in [-0.39, 0.29) is 5.91 Å². The highest BCUT2D eigenvalue weighted by molar-refractivity contribution is 5.73. The average Bonchev–Trinajstić information content (AvgIpc) is 2.73. The average molecular weight is 239 g/mol. The molecule has 0 aromatic heterocycles. The lowest BCUT2D eigenvalue weighted by atomic mass is 10.0. The van der Waals surface area contributed by atoms with Gasteiger partial charge >= 0.3 is 0 Å². The molecule has 0 spiro atoms. The molecule has 0 aliphatic carbocycles. The lowest BCUT2D eigenvalue weighted by Crippen LogP contribution is -2.32. The molecule has 2 saturated heterocycles. The van der Waals surface area contributed by atoms with Crippen LogP contribution >= 0.6 is 0 Å². The number of fused-ring (bicyclic) bond motifs is 1. The maximum atomic E-state index is 11.3. The topological polar surface area (TPSA) is 26.8 Å². The molecule has 0 aromatic carbocycles. The number of amides is 1. The Hall–Kier alpha value is -0.610. The SMILES string of the molecule is CC(=O)N1CC2CN(CCCN(C)C)CC2C1. The molecule has 17 heavy (non-hydrogen) atoms. The van der Waals surface area contributed by atoms with E-state index in [0.717, 1.165) is 24.9 Å². The van der Waals surface area contributed by atoms with Crippen LogP contribution in [0.5, 0.6) is 0 Å². The van der Waals surface area contributed by atoms with E-state index in [1.807, 2.05) is 4.90 Å². The van der Waals surface area contributed by atoms with Gasteiger partial charge in [-0.25, -0.2) is 0 Å². The van der Waals surface area contributed by atoms with Crippen LogP contribution in [-0.2, 0) is 4.79 Å². The molecule has 1 amide bonds. The number of nitrogens with zero attached hydrogens (tertiary/aromatic N) is 3. The fourth-order valence-electron chi connectivity index (χ4n) is 3.14. The number of hydrogen-bond donors (Lipinski definition) is 0. The Balaban J connectivity index is 1.71. The van der Waals surface area contributed by atoms with Gasteiger partial charge in [0.15, 0.2) is 0 Å². The second-order valence-electron chi connectivity index (χ2n) is 5.86. The van der Waals surface area contributed by atoms with Gasteiger partial charge in [0.1, 0.15) is 0 Å². The Morgan fingerprint density at radius 3 is 2.24 bits per heavy atom. The molecule has 0 radical (unpaired) electrons. The Morgan fingerprint density at radius 1 is 1.18 bits per heavy atom. The van der Waals surface area contributed by atoms with Gasteiger partial charge in [-0.05, 0) is 45.4 Å². The molecular weight excluding hydrogens is 214 g/mol. The van der Waals surface area contributed by atoms with E-state index in [9.17, 15) is 4.79 Å². The third kappa shape index (κ3) is 3.19. The van der Waals surface area contributed by atoms with Gasteiger partial charge in [0.25, 0.3) is 0 Å². The van der Waals surface area contributed by atoms with E-state index in [4.69, 9.17) is 0 Å². The molecule has 0 N–H and O–H groups in total. The van der Waals surface area contributed by atoms with Gasteiger partial charge in [-0.3, -0.25) is 4.79 Å². The van der Waals surface area contributed by atoms with Crippen molar-refractivity contribution in [1.29, 1.82) is 0 Å². The first kappa shape index (κ1) is 12.8. The molecule has 2 unspecified atom stereocenters. The number of carbonyl (C=O) groups excluding carboxylic acids is 1. The van der Waals surface area contributed by atoms with Crippen LogP contribution in [0.15, 0.2) is 0 Å². The lowest BCUT2D eigenvalue weighted by molar-refractivity contribution is -0.128. The molecule has 98 valence electrons. The van der Waals surface area contributed by atoms with E-state index in [0.29, 0.717) is 0 Å². The third-order valence-electron chi connectivity index (χ3n) is 4.09. The predicted molar refractivity (Wildman–Crippen MR) is 68.8 cm³/mol. The minimum Gasteiger partial charge on any atom is -0.342 e. The van der Waals surface area contributed by atoms with Crippen molar-refractivity contribution in [2.75, 3.05) is 53.4 Å². The first-order valence-corrected chi connectivity index (χ1v) is 6.69. The molecule has 0 aromatic rings. The molecule has 2 atom stereocenters.